The smallest absolute Gasteiger partial charge is 0.136 e. The molecule has 1 aliphatic rings. The Morgan fingerprint density at radius 1 is 1.50 bits per heavy atom. The molecular formula is C15H23N3S2. The summed E-state index contributed by atoms with van der Waals surface area (Å²) < 4.78 is 0. The van der Waals surface area contributed by atoms with Gasteiger partial charge in [0.05, 0.1) is 5.56 Å². The molecule has 3 N–H and O–H groups in total. The summed E-state index contributed by atoms with van der Waals surface area (Å²) in [6.45, 7) is 3.14. The molecule has 110 valence electrons. The average Bonchev–Trinajstić information content (AvgIpc) is 2.46. The average molecular weight is 310 g/mol. The van der Waals surface area contributed by atoms with Crippen LogP contribution in [0.3, 0.4) is 0 Å². The highest BCUT2D eigenvalue weighted by atomic mass is 32.2. The van der Waals surface area contributed by atoms with Crippen molar-refractivity contribution in [2.75, 3.05) is 18.1 Å². The maximum Gasteiger partial charge on any atom is 0.136 e. The lowest BCUT2D eigenvalue weighted by atomic mass is 9.94. The third-order valence-corrected chi connectivity index (χ3v) is 5.07. The molecule has 2 rings (SSSR count). The zero-order valence-corrected chi connectivity index (χ0v) is 13.9. The third-order valence-electron chi connectivity index (χ3n) is 3.81. The van der Waals surface area contributed by atoms with Crippen LogP contribution in [0.25, 0.3) is 0 Å². The van der Waals surface area contributed by atoms with E-state index in [1.54, 1.807) is 0 Å². The Kier molecular flexibility index (Phi) is 5.66. The first-order valence-electron chi connectivity index (χ1n) is 7.21. The van der Waals surface area contributed by atoms with Crippen LogP contribution in [-0.2, 0) is 12.8 Å². The first kappa shape index (κ1) is 15.6. The summed E-state index contributed by atoms with van der Waals surface area (Å²) in [7, 11) is 0. The molecule has 1 unspecified atom stereocenters. The topological polar surface area (TPSA) is 50.9 Å². The molecule has 0 fully saturated rings. The van der Waals surface area contributed by atoms with Crippen molar-refractivity contribution in [2.24, 2.45) is 5.73 Å². The molecule has 3 nitrogen and oxygen atoms in total. The van der Waals surface area contributed by atoms with Gasteiger partial charge in [-0.05, 0) is 50.0 Å². The zero-order chi connectivity index (χ0) is 14.5. The number of aromatic nitrogens is 1. The number of hydrogen-bond acceptors (Lipinski definition) is 4. The first-order chi connectivity index (χ1) is 9.61. The van der Waals surface area contributed by atoms with Crippen LogP contribution in [0.2, 0.25) is 0 Å². The molecule has 1 heterocycles. The van der Waals surface area contributed by atoms with E-state index >= 15 is 0 Å². The van der Waals surface area contributed by atoms with Crippen LogP contribution < -0.4 is 11.1 Å². The van der Waals surface area contributed by atoms with Gasteiger partial charge in [-0.25, -0.2) is 4.98 Å². The molecule has 1 aromatic rings. The van der Waals surface area contributed by atoms with Gasteiger partial charge in [0, 0.05) is 17.5 Å². The number of pyridine rings is 1. The largest absolute Gasteiger partial charge is 0.389 e. The second-order valence-corrected chi connectivity index (χ2v) is 7.04. The maximum absolute atomic E-state index is 5.85. The molecule has 5 heteroatoms. The number of anilines is 1. The van der Waals surface area contributed by atoms with Crippen LogP contribution in [0.15, 0.2) is 6.07 Å². The molecule has 0 amide bonds. The summed E-state index contributed by atoms with van der Waals surface area (Å²) in [5, 5.41) is 4.06. The van der Waals surface area contributed by atoms with Gasteiger partial charge < -0.3 is 11.1 Å². The molecule has 0 saturated heterocycles. The number of aryl methyl sites for hydroxylation is 2. The molecule has 0 spiro atoms. The van der Waals surface area contributed by atoms with Gasteiger partial charge in [0.1, 0.15) is 10.8 Å². The minimum Gasteiger partial charge on any atom is -0.389 e. The van der Waals surface area contributed by atoms with E-state index in [2.05, 4.69) is 24.6 Å². The fourth-order valence-electron chi connectivity index (χ4n) is 2.47. The number of rotatable bonds is 6. The second-order valence-electron chi connectivity index (χ2n) is 5.32. The second kappa shape index (κ2) is 7.27. The van der Waals surface area contributed by atoms with Crippen molar-refractivity contribution in [3.05, 3.63) is 22.9 Å². The lowest BCUT2D eigenvalue weighted by Crippen LogP contribution is -2.19. The van der Waals surface area contributed by atoms with Crippen molar-refractivity contribution in [1.29, 1.82) is 0 Å². The molecule has 1 aromatic heterocycles. The molecule has 0 saturated carbocycles. The number of thiocarbonyl (C=S) groups is 1. The molecule has 0 aromatic carbocycles. The van der Waals surface area contributed by atoms with E-state index in [0.29, 0.717) is 10.2 Å². The summed E-state index contributed by atoms with van der Waals surface area (Å²) in [5.41, 5.74) is 9.29. The summed E-state index contributed by atoms with van der Waals surface area (Å²) in [6, 6.07) is 2.14. The van der Waals surface area contributed by atoms with E-state index in [0.717, 1.165) is 37.2 Å². The van der Waals surface area contributed by atoms with Crippen molar-refractivity contribution in [1.82, 2.24) is 4.98 Å². The molecule has 0 radical (unpaired) electrons. The number of nitrogens with two attached hydrogens (primary N) is 1. The van der Waals surface area contributed by atoms with E-state index < -0.39 is 0 Å². The van der Waals surface area contributed by atoms with E-state index in [1.165, 1.54) is 24.1 Å². The predicted octanol–water partition coefficient (Wildman–Crippen LogP) is 3.15. The Balaban J connectivity index is 2.15. The summed E-state index contributed by atoms with van der Waals surface area (Å²) in [5.74, 6) is 0.867. The Labute approximate surface area is 131 Å². The van der Waals surface area contributed by atoms with Gasteiger partial charge in [-0.1, -0.05) is 19.1 Å². The van der Waals surface area contributed by atoms with Gasteiger partial charge in [0.15, 0.2) is 0 Å². The highest BCUT2D eigenvalue weighted by molar-refractivity contribution is 7.99. The number of nitrogens with one attached hydrogen (secondary N) is 1. The van der Waals surface area contributed by atoms with Crippen molar-refractivity contribution < 1.29 is 0 Å². The first-order valence-corrected chi connectivity index (χ1v) is 8.90. The van der Waals surface area contributed by atoms with Crippen LogP contribution in [-0.4, -0.2) is 28.0 Å². The number of fused-ring (bicyclic) bond motifs is 1. The lowest BCUT2D eigenvalue weighted by Gasteiger charge is -2.19. The Bertz CT molecular complexity index is 488. The fourth-order valence-corrected chi connectivity index (χ4v) is 2.98. The highest BCUT2D eigenvalue weighted by Crippen LogP contribution is 2.25. The fraction of sp³-hybridized carbons (Fsp3) is 0.600. The van der Waals surface area contributed by atoms with Gasteiger partial charge in [-0.15, -0.1) is 0 Å². The zero-order valence-electron chi connectivity index (χ0n) is 12.2. The summed E-state index contributed by atoms with van der Waals surface area (Å²) in [4.78, 5) is 5.21. The molecule has 20 heavy (non-hydrogen) atoms. The van der Waals surface area contributed by atoms with Gasteiger partial charge in [0.25, 0.3) is 0 Å². The monoisotopic (exact) mass is 309 g/mol. The number of thioether (sulfide) groups is 1. The normalized spacial score (nSPS) is 15.5. The Hall–Kier alpha value is -0.810. The van der Waals surface area contributed by atoms with Crippen molar-refractivity contribution in [2.45, 2.75) is 44.3 Å². The quantitative estimate of drug-likeness (QED) is 0.791. The van der Waals surface area contributed by atoms with Gasteiger partial charge in [0.2, 0.25) is 0 Å². The van der Waals surface area contributed by atoms with Gasteiger partial charge >= 0.3 is 0 Å². The number of nitrogens with zero attached hydrogens (tertiary/aromatic N) is 1. The van der Waals surface area contributed by atoms with Crippen LogP contribution in [0, 0.1) is 0 Å². The maximum atomic E-state index is 5.85. The molecule has 0 bridgehead atoms. The van der Waals surface area contributed by atoms with Gasteiger partial charge in [-0.3, -0.25) is 0 Å². The molecular weight excluding hydrogens is 286 g/mol. The molecule has 0 aliphatic heterocycles. The Morgan fingerprint density at radius 2 is 2.25 bits per heavy atom. The van der Waals surface area contributed by atoms with Gasteiger partial charge in [-0.2, -0.15) is 11.8 Å². The van der Waals surface area contributed by atoms with E-state index in [-0.39, 0.29) is 0 Å². The van der Waals surface area contributed by atoms with E-state index in [4.69, 9.17) is 22.9 Å². The van der Waals surface area contributed by atoms with Crippen LogP contribution in [0.5, 0.6) is 0 Å². The minimum atomic E-state index is 0.436. The van der Waals surface area contributed by atoms with Crippen LogP contribution in [0.4, 0.5) is 5.82 Å². The van der Waals surface area contributed by atoms with E-state index in [1.807, 2.05) is 11.8 Å². The van der Waals surface area contributed by atoms with Crippen LogP contribution in [0.1, 0.15) is 43.0 Å². The van der Waals surface area contributed by atoms with Crippen molar-refractivity contribution >= 4 is 34.8 Å². The minimum absolute atomic E-state index is 0.436. The lowest BCUT2D eigenvalue weighted by molar-refractivity contribution is 0.668. The molecule has 1 atom stereocenters. The van der Waals surface area contributed by atoms with Crippen LogP contribution >= 0.6 is 24.0 Å². The van der Waals surface area contributed by atoms with Crippen molar-refractivity contribution in [3.8, 4) is 0 Å². The summed E-state index contributed by atoms with van der Waals surface area (Å²) in [6.07, 6.45) is 7.89. The Morgan fingerprint density at radius 3 is 2.95 bits per heavy atom. The SMILES string of the molecule is CSC(C)CCNc1nc2c(cc1C(N)=S)CCCC2. The van der Waals surface area contributed by atoms with E-state index in [9.17, 15) is 0 Å². The molecule has 1 aliphatic carbocycles. The standard InChI is InChI=1S/C15H23N3S2/c1-10(20-2)7-8-17-15-12(14(16)19)9-11-5-3-4-6-13(11)18-15/h9-10H,3-8H2,1-2H3,(H2,16,19)(H,17,18). The predicted molar refractivity (Wildman–Crippen MR) is 92.9 cm³/mol. The highest BCUT2D eigenvalue weighted by Gasteiger charge is 2.16. The number of hydrogen-bond donors (Lipinski definition) is 2. The third kappa shape index (κ3) is 3.85. The van der Waals surface area contributed by atoms with Crippen molar-refractivity contribution in [3.63, 3.8) is 0 Å². The summed E-state index contributed by atoms with van der Waals surface area (Å²) >= 11 is 7.06.